The average Bonchev–Trinajstić information content (AvgIpc) is 3.77. The van der Waals surface area contributed by atoms with Crippen LogP contribution >= 0.6 is 0 Å². The molecule has 3 fully saturated rings. The van der Waals surface area contributed by atoms with Crippen LogP contribution in [-0.2, 0) is 11.3 Å². The molecular formula is C32H35FN4O2. The minimum Gasteiger partial charge on any atom is -0.339 e. The van der Waals surface area contributed by atoms with Crippen molar-refractivity contribution >= 4 is 17.5 Å². The molecule has 2 saturated heterocycles. The fourth-order valence-corrected chi connectivity index (χ4v) is 5.53. The van der Waals surface area contributed by atoms with Gasteiger partial charge in [-0.25, -0.2) is 4.39 Å². The first-order chi connectivity index (χ1) is 19.0. The van der Waals surface area contributed by atoms with Crippen LogP contribution in [-0.4, -0.2) is 65.8 Å². The van der Waals surface area contributed by atoms with Crippen molar-refractivity contribution in [1.82, 2.24) is 14.7 Å². The number of carbonyl (C=O) groups excluding carboxylic acids is 2. The summed E-state index contributed by atoms with van der Waals surface area (Å²) in [7, 11) is 0. The summed E-state index contributed by atoms with van der Waals surface area (Å²) in [6.07, 6.45) is 3.02. The number of amides is 2. The molecule has 3 aromatic carbocycles. The van der Waals surface area contributed by atoms with Crippen LogP contribution in [0.4, 0.5) is 10.1 Å². The zero-order valence-electron chi connectivity index (χ0n) is 22.2. The Morgan fingerprint density at radius 2 is 1.56 bits per heavy atom. The van der Waals surface area contributed by atoms with Crippen LogP contribution in [0.15, 0.2) is 72.8 Å². The Kier molecular flexibility index (Phi) is 7.44. The van der Waals surface area contributed by atoms with E-state index in [1.807, 2.05) is 41.3 Å². The zero-order valence-corrected chi connectivity index (χ0v) is 22.2. The van der Waals surface area contributed by atoms with E-state index in [4.69, 9.17) is 0 Å². The largest absolute Gasteiger partial charge is 0.339 e. The molecule has 2 amide bonds. The Morgan fingerprint density at radius 3 is 2.21 bits per heavy atom. The predicted molar refractivity (Wildman–Crippen MR) is 150 cm³/mol. The lowest BCUT2D eigenvalue weighted by molar-refractivity contribution is -0.117. The number of likely N-dealkylation sites (tertiary alicyclic amines) is 1. The quantitative estimate of drug-likeness (QED) is 0.453. The summed E-state index contributed by atoms with van der Waals surface area (Å²) in [5.41, 5.74) is 4.92. The Bertz CT molecular complexity index is 1310. The van der Waals surface area contributed by atoms with Crippen molar-refractivity contribution in [3.05, 3.63) is 101 Å². The molecule has 1 saturated carbocycles. The summed E-state index contributed by atoms with van der Waals surface area (Å²) in [4.78, 5) is 31.9. The molecule has 1 N–H and O–H groups in total. The van der Waals surface area contributed by atoms with E-state index in [9.17, 15) is 14.0 Å². The average molecular weight is 527 g/mol. The van der Waals surface area contributed by atoms with Crippen molar-refractivity contribution in [1.29, 1.82) is 0 Å². The monoisotopic (exact) mass is 526 g/mol. The third-order valence-electron chi connectivity index (χ3n) is 8.13. The van der Waals surface area contributed by atoms with Gasteiger partial charge in [0.2, 0.25) is 5.91 Å². The molecule has 2 heterocycles. The van der Waals surface area contributed by atoms with Gasteiger partial charge in [-0.05, 0) is 72.4 Å². The van der Waals surface area contributed by atoms with Crippen molar-refractivity contribution in [3.63, 3.8) is 0 Å². The maximum absolute atomic E-state index is 13.3. The molecule has 0 bridgehead atoms. The number of piperazine rings is 1. The maximum Gasteiger partial charge on any atom is 0.253 e. The van der Waals surface area contributed by atoms with E-state index >= 15 is 0 Å². The second-order valence-electron chi connectivity index (χ2n) is 11.0. The van der Waals surface area contributed by atoms with E-state index in [1.54, 1.807) is 0 Å². The highest BCUT2D eigenvalue weighted by atomic mass is 19.1. The lowest BCUT2D eigenvalue weighted by atomic mass is 9.94. The number of hydrogen-bond donors (Lipinski definition) is 1. The van der Waals surface area contributed by atoms with Crippen LogP contribution in [0.3, 0.4) is 0 Å². The van der Waals surface area contributed by atoms with Crippen LogP contribution in [0.1, 0.15) is 52.4 Å². The highest BCUT2D eigenvalue weighted by molar-refractivity contribution is 5.95. The van der Waals surface area contributed by atoms with Gasteiger partial charge in [0.25, 0.3) is 5.91 Å². The molecule has 0 spiro atoms. The topological polar surface area (TPSA) is 55.9 Å². The van der Waals surface area contributed by atoms with E-state index in [1.165, 1.54) is 12.1 Å². The second-order valence-corrected chi connectivity index (χ2v) is 11.0. The molecule has 1 aliphatic carbocycles. The lowest BCUT2D eigenvalue weighted by Gasteiger charge is -2.40. The smallest absolute Gasteiger partial charge is 0.253 e. The number of nitrogens with one attached hydrogen (secondary N) is 1. The lowest BCUT2D eigenvalue weighted by Crippen LogP contribution is -2.47. The minimum absolute atomic E-state index is 0.00362. The first-order valence-electron chi connectivity index (χ1n) is 14.0. The van der Waals surface area contributed by atoms with Gasteiger partial charge in [0.15, 0.2) is 0 Å². The highest BCUT2D eigenvalue weighted by Gasteiger charge is 2.31. The normalized spacial score (nSPS) is 18.8. The summed E-state index contributed by atoms with van der Waals surface area (Å²) in [5.74, 6) is 0.144. The van der Waals surface area contributed by atoms with Gasteiger partial charge >= 0.3 is 0 Å². The van der Waals surface area contributed by atoms with Crippen molar-refractivity contribution in [2.75, 3.05) is 44.6 Å². The Balaban J connectivity index is 1.21. The van der Waals surface area contributed by atoms with Gasteiger partial charge in [-0.2, -0.15) is 0 Å². The van der Waals surface area contributed by atoms with Gasteiger partial charge < -0.3 is 10.2 Å². The fraction of sp³-hybridized carbons (Fsp3) is 0.375. The number of benzene rings is 3. The Labute approximate surface area is 229 Å². The Morgan fingerprint density at radius 1 is 0.846 bits per heavy atom. The summed E-state index contributed by atoms with van der Waals surface area (Å²) in [5, 5.41) is 3.10. The van der Waals surface area contributed by atoms with Crippen LogP contribution < -0.4 is 5.32 Å². The number of nitrogens with zero attached hydrogens (tertiary/aromatic N) is 3. The second kappa shape index (κ2) is 11.3. The molecule has 0 aromatic heterocycles. The molecule has 202 valence electrons. The number of halogens is 1. The molecule has 0 radical (unpaired) electrons. The van der Waals surface area contributed by atoms with E-state index in [0.717, 1.165) is 93.0 Å². The number of carbonyl (C=O) groups is 2. The number of hydrogen-bond acceptors (Lipinski definition) is 4. The molecule has 6 nitrogen and oxygen atoms in total. The van der Waals surface area contributed by atoms with Crippen LogP contribution in [0.25, 0.3) is 0 Å². The summed E-state index contributed by atoms with van der Waals surface area (Å²) < 4.78 is 13.3. The van der Waals surface area contributed by atoms with E-state index < -0.39 is 0 Å². The van der Waals surface area contributed by atoms with Gasteiger partial charge in [-0.3, -0.25) is 19.4 Å². The Hall–Kier alpha value is -3.55. The van der Waals surface area contributed by atoms with E-state index in [0.29, 0.717) is 0 Å². The van der Waals surface area contributed by atoms with Crippen molar-refractivity contribution in [3.8, 4) is 0 Å². The first-order valence-corrected chi connectivity index (χ1v) is 14.0. The maximum atomic E-state index is 13.3. The van der Waals surface area contributed by atoms with Crippen molar-refractivity contribution in [2.24, 2.45) is 5.92 Å². The molecule has 3 aromatic rings. The standard InChI is InChI=1S/C32H35FN4O2/c33-28-13-5-23(6-14-28)22-35-17-19-36(20-18-35)30(24-7-11-26(12-8-24)32(39)37-15-2-16-37)27-3-1-4-29(21-27)34-31(38)25-9-10-25/h1,3-8,11-14,21,25,30H,2,9-10,15-20,22H2,(H,34,38)/t30-/m1/s1. The zero-order chi connectivity index (χ0) is 26.8. The number of anilines is 1. The molecule has 0 unspecified atom stereocenters. The molecule has 7 heteroatoms. The first kappa shape index (κ1) is 25.7. The minimum atomic E-state index is -0.209. The summed E-state index contributed by atoms with van der Waals surface area (Å²) >= 11 is 0. The molecule has 2 aliphatic heterocycles. The molecule has 39 heavy (non-hydrogen) atoms. The predicted octanol–water partition coefficient (Wildman–Crippen LogP) is 4.93. The molecular weight excluding hydrogens is 491 g/mol. The van der Waals surface area contributed by atoms with E-state index in [2.05, 4.69) is 39.4 Å². The van der Waals surface area contributed by atoms with Crippen LogP contribution in [0.2, 0.25) is 0 Å². The molecule has 1 atom stereocenters. The number of rotatable bonds is 8. The molecule has 6 rings (SSSR count). The third-order valence-corrected chi connectivity index (χ3v) is 8.13. The summed E-state index contributed by atoms with van der Waals surface area (Å²) in [6.45, 7) is 6.03. The van der Waals surface area contributed by atoms with Crippen LogP contribution in [0, 0.1) is 11.7 Å². The van der Waals surface area contributed by atoms with Crippen molar-refractivity contribution < 1.29 is 14.0 Å². The van der Waals surface area contributed by atoms with E-state index in [-0.39, 0.29) is 29.6 Å². The van der Waals surface area contributed by atoms with Gasteiger partial charge in [0.05, 0.1) is 6.04 Å². The SMILES string of the molecule is O=C(Nc1cccc([C@@H](c2ccc(C(=O)N3CCC3)cc2)N2CCN(Cc3ccc(F)cc3)CC2)c1)C1CC1. The molecule has 3 aliphatic rings. The van der Waals surface area contributed by atoms with Gasteiger partial charge in [0.1, 0.15) is 5.82 Å². The summed E-state index contributed by atoms with van der Waals surface area (Å²) in [6, 6.07) is 23.0. The fourth-order valence-electron chi connectivity index (χ4n) is 5.53. The highest BCUT2D eigenvalue weighted by Crippen LogP contribution is 2.33. The van der Waals surface area contributed by atoms with Gasteiger partial charge in [-0.1, -0.05) is 36.4 Å². The van der Waals surface area contributed by atoms with Crippen molar-refractivity contribution in [2.45, 2.75) is 31.8 Å². The third kappa shape index (κ3) is 6.05. The van der Waals surface area contributed by atoms with Gasteiger partial charge in [0, 0.05) is 63.0 Å². The van der Waals surface area contributed by atoms with Gasteiger partial charge in [-0.15, -0.1) is 0 Å². The van der Waals surface area contributed by atoms with Crippen LogP contribution in [0.5, 0.6) is 0 Å².